The van der Waals surface area contributed by atoms with Gasteiger partial charge in [-0.3, -0.25) is 9.59 Å². The van der Waals surface area contributed by atoms with Crippen LogP contribution in [0, 0.1) is 0 Å². The van der Waals surface area contributed by atoms with Crippen molar-refractivity contribution in [1.82, 2.24) is 0 Å². The van der Waals surface area contributed by atoms with Crippen molar-refractivity contribution in [3.05, 3.63) is 0 Å². The molecule has 0 atom stereocenters. The molecule has 0 radical (unpaired) electrons. The van der Waals surface area contributed by atoms with Gasteiger partial charge in [-0.1, -0.05) is 26.2 Å². The van der Waals surface area contributed by atoms with Crippen molar-refractivity contribution in [3.63, 3.8) is 0 Å². The van der Waals surface area contributed by atoms with E-state index in [-0.39, 0.29) is 6.42 Å². The van der Waals surface area contributed by atoms with Crippen molar-refractivity contribution >= 4 is 11.6 Å². The Labute approximate surface area is 86.8 Å². The molecule has 0 heterocycles. The molecule has 0 rings (SSSR count). The highest BCUT2D eigenvalue weighted by Crippen LogP contribution is 2.20. The first-order valence-electron chi connectivity index (χ1n) is 4.97. The van der Waals surface area contributed by atoms with E-state index in [1.165, 1.54) is 0 Å². The molecule has 5 heteroatoms. The molecule has 88 valence electrons. The van der Waals surface area contributed by atoms with E-state index in [2.05, 4.69) is 0 Å². The molecule has 0 aromatic carbocycles. The highest BCUT2D eigenvalue weighted by molar-refractivity contribution is 6.08. The molecule has 0 aromatic heterocycles. The van der Waals surface area contributed by atoms with Crippen molar-refractivity contribution in [2.75, 3.05) is 6.67 Å². The molecule has 0 spiro atoms. The number of carbonyl (C=O) groups is 2. The van der Waals surface area contributed by atoms with Crippen LogP contribution in [0.4, 0.5) is 13.2 Å². The summed E-state index contributed by atoms with van der Waals surface area (Å²) in [4.78, 5) is 21.3. The summed E-state index contributed by atoms with van der Waals surface area (Å²) in [5, 5.41) is 0. The quantitative estimate of drug-likeness (QED) is 0.469. The molecule has 0 saturated carbocycles. The second kappa shape index (κ2) is 6.58. The maximum Gasteiger partial charge on any atom is 0.365 e. The number of alkyl halides is 3. The third kappa shape index (κ3) is 4.44. The van der Waals surface area contributed by atoms with Crippen LogP contribution >= 0.6 is 0 Å². The Bertz CT molecular complexity index is 227. The van der Waals surface area contributed by atoms with Gasteiger partial charge < -0.3 is 0 Å². The van der Waals surface area contributed by atoms with E-state index >= 15 is 0 Å². The van der Waals surface area contributed by atoms with E-state index in [1.54, 1.807) is 0 Å². The second-order valence-electron chi connectivity index (χ2n) is 3.37. The van der Waals surface area contributed by atoms with Crippen LogP contribution in [0.25, 0.3) is 0 Å². The lowest BCUT2D eigenvalue weighted by molar-refractivity contribution is -0.157. The summed E-state index contributed by atoms with van der Waals surface area (Å²) < 4.78 is 37.3. The Morgan fingerprint density at radius 3 is 2.13 bits per heavy atom. The number of carbonyl (C=O) groups excluding carboxylic acids is 2. The Hall–Kier alpha value is -0.870. The number of halogens is 3. The summed E-state index contributed by atoms with van der Waals surface area (Å²) in [5.74, 6) is -7.55. The number of rotatable bonds is 8. The summed E-state index contributed by atoms with van der Waals surface area (Å²) in [6.07, 6.45) is 2.41. The fraction of sp³-hybridized carbons (Fsp3) is 0.800. The normalized spacial score (nSPS) is 11.5. The first-order valence-corrected chi connectivity index (χ1v) is 4.97. The van der Waals surface area contributed by atoms with E-state index in [0.29, 0.717) is 12.8 Å². The number of hydrogen-bond donors (Lipinski definition) is 0. The highest BCUT2D eigenvalue weighted by Gasteiger charge is 2.45. The zero-order chi connectivity index (χ0) is 11.9. The molecule has 0 bridgehead atoms. The smallest absolute Gasteiger partial charge is 0.292 e. The fourth-order valence-electron chi connectivity index (χ4n) is 1.11. The average Bonchev–Trinajstić information content (AvgIpc) is 2.22. The van der Waals surface area contributed by atoms with Crippen LogP contribution in [-0.4, -0.2) is 24.2 Å². The maximum absolute atomic E-state index is 12.8. The molecule has 0 N–H and O–H groups in total. The van der Waals surface area contributed by atoms with Crippen molar-refractivity contribution in [3.8, 4) is 0 Å². The zero-order valence-corrected chi connectivity index (χ0v) is 8.69. The Balaban J connectivity index is 4.03. The van der Waals surface area contributed by atoms with Gasteiger partial charge in [-0.15, -0.1) is 0 Å². The van der Waals surface area contributed by atoms with Crippen LogP contribution in [-0.2, 0) is 9.59 Å². The topological polar surface area (TPSA) is 34.1 Å². The fourth-order valence-corrected chi connectivity index (χ4v) is 1.11. The number of unbranched alkanes of at least 4 members (excludes halogenated alkanes) is 3. The van der Waals surface area contributed by atoms with Crippen molar-refractivity contribution in [2.45, 2.75) is 45.0 Å². The molecule has 0 fully saturated rings. The SMILES string of the molecule is CCCCCCC(=O)C(F)(F)C(=O)CF. The molecule has 0 aromatic rings. The predicted molar refractivity (Wildman–Crippen MR) is 49.7 cm³/mol. The molecule has 0 amide bonds. The molecular weight excluding hydrogens is 209 g/mol. The third-order valence-electron chi connectivity index (χ3n) is 2.08. The molecular formula is C10H15F3O2. The van der Waals surface area contributed by atoms with Gasteiger partial charge in [0.25, 0.3) is 0 Å². The van der Waals surface area contributed by atoms with E-state index in [9.17, 15) is 22.8 Å². The number of hydrogen-bond acceptors (Lipinski definition) is 2. The molecule has 15 heavy (non-hydrogen) atoms. The van der Waals surface area contributed by atoms with Crippen molar-refractivity contribution in [1.29, 1.82) is 0 Å². The van der Waals surface area contributed by atoms with Gasteiger partial charge in [0.2, 0.25) is 11.6 Å². The summed E-state index contributed by atoms with van der Waals surface area (Å²) in [7, 11) is 0. The van der Waals surface area contributed by atoms with Crippen LogP contribution in [0.3, 0.4) is 0 Å². The Morgan fingerprint density at radius 2 is 1.67 bits per heavy atom. The van der Waals surface area contributed by atoms with Gasteiger partial charge in [0.1, 0.15) is 0 Å². The van der Waals surface area contributed by atoms with Gasteiger partial charge in [0, 0.05) is 6.42 Å². The van der Waals surface area contributed by atoms with Gasteiger partial charge in [-0.25, -0.2) is 4.39 Å². The largest absolute Gasteiger partial charge is 0.365 e. The standard InChI is InChI=1S/C10H15F3O2/c1-2-3-4-5-6-8(14)10(12,13)9(15)7-11/h2-7H2,1H3. The predicted octanol–water partition coefficient (Wildman–Crippen LogP) is 2.70. The first kappa shape index (κ1) is 14.1. The summed E-state index contributed by atoms with van der Waals surface area (Å²) in [6, 6.07) is 0. The lowest BCUT2D eigenvalue weighted by Gasteiger charge is -2.11. The van der Waals surface area contributed by atoms with Gasteiger partial charge in [-0.2, -0.15) is 8.78 Å². The number of Topliss-reactive ketones (excluding diaryl/α,β-unsaturated/α-hetero) is 2. The average molecular weight is 224 g/mol. The Kier molecular flexibility index (Phi) is 6.20. The minimum atomic E-state index is -4.14. The maximum atomic E-state index is 12.8. The first-order chi connectivity index (χ1) is 6.96. The van der Waals surface area contributed by atoms with E-state index in [1.807, 2.05) is 6.92 Å². The van der Waals surface area contributed by atoms with E-state index in [4.69, 9.17) is 0 Å². The van der Waals surface area contributed by atoms with E-state index < -0.39 is 24.2 Å². The van der Waals surface area contributed by atoms with Crippen LogP contribution in [0.1, 0.15) is 39.0 Å². The summed E-state index contributed by atoms with van der Waals surface area (Å²) in [5.41, 5.74) is 0. The van der Waals surface area contributed by atoms with Gasteiger partial charge in [0.05, 0.1) is 0 Å². The Morgan fingerprint density at radius 1 is 1.07 bits per heavy atom. The molecule has 0 aliphatic rings. The summed E-state index contributed by atoms with van der Waals surface area (Å²) >= 11 is 0. The van der Waals surface area contributed by atoms with Crippen molar-refractivity contribution in [2.24, 2.45) is 0 Å². The van der Waals surface area contributed by atoms with Crippen LogP contribution in [0.5, 0.6) is 0 Å². The zero-order valence-electron chi connectivity index (χ0n) is 8.69. The molecule has 0 aliphatic carbocycles. The second-order valence-corrected chi connectivity index (χ2v) is 3.37. The third-order valence-corrected chi connectivity index (χ3v) is 2.08. The van der Waals surface area contributed by atoms with Gasteiger partial charge in [0.15, 0.2) is 6.67 Å². The molecule has 0 saturated heterocycles. The van der Waals surface area contributed by atoms with E-state index in [0.717, 1.165) is 12.8 Å². The van der Waals surface area contributed by atoms with Crippen LogP contribution in [0.2, 0.25) is 0 Å². The van der Waals surface area contributed by atoms with Gasteiger partial charge >= 0.3 is 5.92 Å². The minimum absolute atomic E-state index is 0.321. The summed E-state index contributed by atoms with van der Waals surface area (Å²) in [6.45, 7) is 0.150. The lowest BCUT2D eigenvalue weighted by Crippen LogP contribution is -2.38. The van der Waals surface area contributed by atoms with Crippen LogP contribution in [0.15, 0.2) is 0 Å². The lowest BCUT2D eigenvalue weighted by atomic mass is 10.0. The molecule has 0 aliphatic heterocycles. The molecule has 2 nitrogen and oxygen atoms in total. The van der Waals surface area contributed by atoms with Crippen LogP contribution < -0.4 is 0 Å². The van der Waals surface area contributed by atoms with Crippen molar-refractivity contribution < 1.29 is 22.8 Å². The minimum Gasteiger partial charge on any atom is -0.292 e. The highest BCUT2D eigenvalue weighted by atomic mass is 19.3. The molecule has 0 unspecified atom stereocenters. The number of ketones is 2. The monoisotopic (exact) mass is 224 g/mol. The van der Waals surface area contributed by atoms with Gasteiger partial charge in [-0.05, 0) is 6.42 Å².